The van der Waals surface area contributed by atoms with Crippen LogP contribution in [0.4, 0.5) is 0 Å². The van der Waals surface area contributed by atoms with Crippen molar-refractivity contribution in [3.63, 3.8) is 0 Å². The Kier molecular flexibility index (Phi) is 7.19. The summed E-state index contributed by atoms with van der Waals surface area (Å²) in [4.78, 5) is 0. The van der Waals surface area contributed by atoms with Crippen LogP contribution in [0.1, 0.15) is 58.1 Å². The maximum atomic E-state index is 11.0. The molecule has 3 nitrogen and oxygen atoms in total. The number of rotatable bonds is 7. The van der Waals surface area contributed by atoms with Gasteiger partial charge in [0.15, 0.2) is 0 Å². The Hall–Kier alpha value is -2.60. The first-order valence-electron chi connectivity index (χ1n) is 9.54. The predicted molar refractivity (Wildman–Crippen MR) is 113 cm³/mol. The Labute approximate surface area is 163 Å². The number of ether oxygens (including phenoxy) is 2. The second-order valence-electron chi connectivity index (χ2n) is 7.15. The second kappa shape index (κ2) is 9.37. The molecule has 0 amide bonds. The van der Waals surface area contributed by atoms with E-state index in [2.05, 4.69) is 25.3 Å². The molecule has 0 bridgehead atoms. The molecule has 0 radical (unpaired) electrons. The molecule has 27 heavy (non-hydrogen) atoms. The van der Waals surface area contributed by atoms with E-state index in [4.69, 9.17) is 9.47 Å². The number of fused-ring (bicyclic) bond motifs is 1. The van der Waals surface area contributed by atoms with Gasteiger partial charge in [-0.2, -0.15) is 0 Å². The number of benzene rings is 2. The van der Waals surface area contributed by atoms with Gasteiger partial charge in [-0.25, -0.2) is 0 Å². The van der Waals surface area contributed by atoms with Gasteiger partial charge in [0.2, 0.25) is 0 Å². The van der Waals surface area contributed by atoms with Crippen molar-refractivity contribution in [1.29, 1.82) is 0 Å². The highest BCUT2D eigenvalue weighted by Crippen LogP contribution is 2.42. The molecule has 0 heterocycles. The van der Waals surface area contributed by atoms with E-state index in [-0.39, 0.29) is 11.9 Å². The number of aromatic hydroxyl groups is 1. The van der Waals surface area contributed by atoms with Gasteiger partial charge in [0.25, 0.3) is 0 Å². The monoisotopic (exact) mass is 366 g/mol. The first-order chi connectivity index (χ1) is 12.9. The highest BCUT2D eigenvalue weighted by molar-refractivity contribution is 5.97. The molecular weight excluding hydrogens is 336 g/mol. The van der Waals surface area contributed by atoms with E-state index >= 15 is 0 Å². The van der Waals surface area contributed by atoms with Crippen molar-refractivity contribution < 1.29 is 14.6 Å². The van der Waals surface area contributed by atoms with Crippen LogP contribution in [0.3, 0.4) is 0 Å². The fourth-order valence-corrected chi connectivity index (χ4v) is 3.00. The van der Waals surface area contributed by atoms with E-state index < -0.39 is 0 Å². The van der Waals surface area contributed by atoms with Crippen molar-refractivity contribution in [1.82, 2.24) is 0 Å². The van der Waals surface area contributed by atoms with E-state index in [0.29, 0.717) is 23.5 Å². The number of unbranched alkanes of at least 4 members (excludes halogenated alkanes) is 2. The zero-order valence-corrected chi connectivity index (χ0v) is 17.1. The van der Waals surface area contributed by atoms with Crippen LogP contribution in [0, 0.1) is 11.8 Å². The number of allylic oxidation sites excluding steroid dienone is 1. The number of phenolic OH excluding ortho intramolecular Hbond substituents is 1. The quantitative estimate of drug-likeness (QED) is 0.371. The Bertz CT molecular complexity index is 882. The highest BCUT2D eigenvalue weighted by Gasteiger charge is 2.21. The lowest BCUT2D eigenvalue weighted by Crippen LogP contribution is -2.10. The van der Waals surface area contributed by atoms with Gasteiger partial charge < -0.3 is 14.6 Å². The maximum absolute atomic E-state index is 11.0. The lowest BCUT2D eigenvalue weighted by Gasteiger charge is -2.20. The molecule has 2 aromatic carbocycles. The Morgan fingerprint density at radius 3 is 2.59 bits per heavy atom. The van der Waals surface area contributed by atoms with E-state index in [1.807, 2.05) is 39.0 Å². The van der Waals surface area contributed by atoms with Gasteiger partial charge in [0.1, 0.15) is 22.8 Å². The molecule has 144 valence electrons. The summed E-state index contributed by atoms with van der Waals surface area (Å²) in [5, 5.41) is 12.7. The Morgan fingerprint density at radius 1 is 1.26 bits per heavy atom. The fraction of sp³-hybridized carbons (Fsp3) is 0.417. The van der Waals surface area contributed by atoms with Crippen molar-refractivity contribution in [2.75, 3.05) is 7.11 Å². The van der Waals surface area contributed by atoms with E-state index in [9.17, 15) is 5.11 Å². The van der Waals surface area contributed by atoms with E-state index in [1.54, 1.807) is 7.11 Å². The molecule has 0 aliphatic heterocycles. The van der Waals surface area contributed by atoms with Crippen molar-refractivity contribution in [3.8, 4) is 29.1 Å². The van der Waals surface area contributed by atoms with Gasteiger partial charge in [-0.15, -0.1) is 0 Å². The average molecular weight is 367 g/mol. The van der Waals surface area contributed by atoms with Crippen LogP contribution in [0.2, 0.25) is 0 Å². The van der Waals surface area contributed by atoms with Crippen molar-refractivity contribution >= 4 is 10.8 Å². The molecule has 0 atom stereocenters. The largest absolute Gasteiger partial charge is 0.506 e. The molecule has 0 saturated heterocycles. The third-order valence-electron chi connectivity index (χ3n) is 4.25. The smallest absolute Gasteiger partial charge is 0.143 e. The van der Waals surface area contributed by atoms with Crippen LogP contribution in [0.5, 0.6) is 17.2 Å². The molecule has 0 aliphatic rings. The van der Waals surface area contributed by atoms with Crippen LogP contribution >= 0.6 is 0 Å². The second-order valence-corrected chi connectivity index (χ2v) is 7.15. The summed E-state index contributed by atoms with van der Waals surface area (Å²) in [5.74, 6) is 7.86. The molecule has 0 unspecified atom stereocenters. The number of hydrogen-bond donors (Lipinski definition) is 1. The summed E-state index contributed by atoms with van der Waals surface area (Å²) in [6.45, 7) is 12.2. The first-order valence-corrected chi connectivity index (χ1v) is 9.54. The summed E-state index contributed by atoms with van der Waals surface area (Å²) in [6.07, 6.45) is 3.55. The molecular formula is C24H30O3. The van der Waals surface area contributed by atoms with Crippen LogP contribution in [-0.4, -0.2) is 18.3 Å². The molecule has 2 rings (SSSR count). The lowest BCUT2D eigenvalue weighted by atomic mass is 9.93. The van der Waals surface area contributed by atoms with Gasteiger partial charge in [-0.1, -0.05) is 43.4 Å². The summed E-state index contributed by atoms with van der Waals surface area (Å²) < 4.78 is 11.5. The standard InChI is InChI=1S/C24H30O3/c1-7-8-9-10-11-20-23(25)21-15-18(26-6)12-13-19(21)22(14-16(2)3)24(20)27-17(4)5/h12-13,15,17,25H,2,7-9,14H2,1,3-6H3. The summed E-state index contributed by atoms with van der Waals surface area (Å²) >= 11 is 0. The topological polar surface area (TPSA) is 38.7 Å². The minimum atomic E-state index is -0.0276. The van der Waals surface area contributed by atoms with Gasteiger partial charge in [-0.05, 0) is 51.1 Å². The average Bonchev–Trinajstić information content (AvgIpc) is 2.63. The molecule has 3 heteroatoms. The first kappa shape index (κ1) is 20.7. The summed E-state index contributed by atoms with van der Waals surface area (Å²) in [5.41, 5.74) is 2.58. The Morgan fingerprint density at radius 2 is 2.00 bits per heavy atom. The van der Waals surface area contributed by atoms with Gasteiger partial charge in [0, 0.05) is 17.4 Å². The molecule has 2 aromatic rings. The summed E-state index contributed by atoms with van der Waals surface area (Å²) in [7, 11) is 1.62. The minimum Gasteiger partial charge on any atom is -0.506 e. The molecule has 0 aliphatic carbocycles. The van der Waals surface area contributed by atoms with Crippen LogP contribution in [-0.2, 0) is 6.42 Å². The predicted octanol–water partition coefficient (Wildman–Crippen LogP) is 6.00. The number of hydrogen-bond acceptors (Lipinski definition) is 3. The maximum Gasteiger partial charge on any atom is 0.143 e. The zero-order valence-electron chi connectivity index (χ0n) is 17.1. The van der Waals surface area contributed by atoms with Crippen LogP contribution in [0.25, 0.3) is 10.8 Å². The highest BCUT2D eigenvalue weighted by atomic mass is 16.5. The van der Waals surface area contributed by atoms with Crippen LogP contribution < -0.4 is 9.47 Å². The van der Waals surface area contributed by atoms with Gasteiger partial charge >= 0.3 is 0 Å². The number of phenols is 1. The normalized spacial score (nSPS) is 10.6. The van der Waals surface area contributed by atoms with Crippen molar-refractivity contribution in [3.05, 3.63) is 41.5 Å². The fourth-order valence-electron chi connectivity index (χ4n) is 3.00. The molecule has 0 aromatic heterocycles. The minimum absolute atomic E-state index is 0.0276. The van der Waals surface area contributed by atoms with Crippen molar-refractivity contribution in [2.24, 2.45) is 0 Å². The lowest BCUT2D eigenvalue weighted by molar-refractivity contribution is 0.239. The molecule has 0 spiro atoms. The third kappa shape index (κ3) is 4.98. The zero-order chi connectivity index (χ0) is 20.0. The van der Waals surface area contributed by atoms with Gasteiger partial charge in [-0.3, -0.25) is 0 Å². The summed E-state index contributed by atoms with van der Waals surface area (Å²) in [6, 6.07) is 5.71. The molecule has 1 N–H and O–H groups in total. The van der Waals surface area contributed by atoms with Crippen LogP contribution in [0.15, 0.2) is 30.4 Å². The molecule has 0 fully saturated rings. The van der Waals surface area contributed by atoms with Gasteiger partial charge in [0.05, 0.1) is 13.2 Å². The van der Waals surface area contributed by atoms with Crippen molar-refractivity contribution in [2.45, 2.75) is 59.5 Å². The van der Waals surface area contributed by atoms with E-state index in [0.717, 1.165) is 41.2 Å². The number of methoxy groups -OCH3 is 1. The van der Waals surface area contributed by atoms with E-state index in [1.165, 1.54) is 0 Å². The molecule has 0 saturated carbocycles. The Balaban J connectivity index is 2.81. The third-order valence-corrected chi connectivity index (χ3v) is 4.25. The SMILES string of the molecule is C=C(C)Cc1c(OC(C)C)c(C#CCCCC)c(O)c2cc(OC)ccc12.